The van der Waals surface area contributed by atoms with Gasteiger partial charge < -0.3 is 14.8 Å². The van der Waals surface area contributed by atoms with Crippen LogP contribution >= 0.6 is 0 Å². The van der Waals surface area contributed by atoms with Crippen molar-refractivity contribution in [2.45, 2.75) is 26.3 Å². The van der Waals surface area contributed by atoms with E-state index in [0.29, 0.717) is 5.76 Å². The van der Waals surface area contributed by atoms with Crippen LogP contribution in [0.3, 0.4) is 0 Å². The van der Waals surface area contributed by atoms with Crippen molar-refractivity contribution in [3.05, 3.63) is 23.7 Å². The molecule has 5 heteroatoms. The predicted molar refractivity (Wildman–Crippen MR) is 52.3 cm³/mol. The van der Waals surface area contributed by atoms with Crippen molar-refractivity contribution in [2.24, 2.45) is 0 Å². The van der Waals surface area contributed by atoms with Crippen LogP contribution in [0.1, 0.15) is 30.7 Å². The molecule has 82 valence electrons. The van der Waals surface area contributed by atoms with Crippen molar-refractivity contribution in [1.29, 1.82) is 0 Å². The van der Waals surface area contributed by atoms with Gasteiger partial charge in [-0.15, -0.1) is 0 Å². The van der Waals surface area contributed by atoms with E-state index in [1.807, 2.05) is 0 Å². The molecule has 1 aromatic rings. The number of furan rings is 1. The average molecular weight is 211 g/mol. The standard InChI is InChI=1S/C10H13NO4/c1-6-3-4-15-10(6)8(5-9(13)14)11-7(2)12/h3-4,8H,5H2,1-2H3,(H,11,12)(H,13,14)/t8-/m0/s1. The van der Waals surface area contributed by atoms with E-state index in [2.05, 4.69) is 5.32 Å². The molecule has 1 heterocycles. The number of aryl methyl sites for hydroxylation is 1. The molecule has 1 amide bonds. The summed E-state index contributed by atoms with van der Waals surface area (Å²) in [4.78, 5) is 21.5. The zero-order valence-corrected chi connectivity index (χ0v) is 8.61. The maximum absolute atomic E-state index is 10.9. The summed E-state index contributed by atoms with van der Waals surface area (Å²) >= 11 is 0. The van der Waals surface area contributed by atoms with Crippen LogP contribution in [0.25, 0.3) is 0 Å². The molecule has 0 radical (unpaired) electrons. The predicted octanol–water partition coefficient (Wildman–Crippen LogP) is 1.24. The molecule has 0 fully saturated rings. The van der Waals surface area contributed by atoms with Gasteiger partial charge in [0.05, 0.1) is 18.7 Å². The highest BCUT2D eigenvalue weighted by Gasteiger charge is 2.20. The van der Waals surface area contributed by atoms with Gasteiger partial charge in [0, 0.05) is 6.92 Å². The molecule has 0 aliphatic carbocycles. The molecule has 0 unspecified atom stereocenters. The Morgan fingerprint density at radius 2 is 2.27 bits per heavy atom. The zero-order valence-electron chi connectivity index (χ0n) is 8.61. The number of rotatable bonds is 4. The molecule has 1 atom stereocenters. The van der Waals surface area contributed by atoms with Crippen LogP contribution in [0.5, 0.6) is 0 Å². The highest BCUT2D eigenvalue weighted by atomic mass is 16.4. The average Bonchev–Trinajstić information content (AvgIpc) is 2.48. The monoisotopic (exact) mass is 211 g/mol. The summed E-state index contributed by atoms with van der Waals surface area (Å²) in [6.07, 6.45) is 1.29. The lowest BCUT2D eigenvalue weighted by molar-refractivity contribution is -0.137. The fourth-order valence-electron chi connectivity index (χ4n) is 1.37. The molecule has 0 saturated heterocycles. The van der Waals surface area contributed by atoms with E-state index in [0.717, 1.165) is 5.56 Å². The minimum atomic E-state index is -0.982. The van der Waals surface area contributed by atoms with Crippen molar-refractivity contribution < 1.29 is 19.1 Å². The maximum Gasteiger partial charge on any atom is 0.305 e. The third kappa shape index (κ3) is 3.12. The van der Waals surface area contributed by atoms with Gasteiger partial charge in [-0.1, -0.05) is 0 Å². The highest BCUT2D eigenvalue weighted by molar-refractivity contribution is 5.75. The number of nitrogens with one attached hydrogen (secondary N) is 1. The Morgan fingerprint density at radius 1 is 1.60 bits per heavy atom. The molecular weight excluding hydrogens is 198 g/mol. The first-order valence-corrected chi connectivity index (χ1v) is 4.53. The molecule has 15 heavy (non-hydrogen) atoms. The smallest absolute Gasteiger partial charge is 0.305 e. The summed E-state index contributed by atoms with van der Waals surface area (Å²) in [5.41, 5.74) is 0.829. The Kier molecular flexibility index (Phi) is 3.49. The van der Waals surface area contributed by atoms with Crippen molar-refractivity contribution in [2.75, 3.05) is 0 Å². The van der Waals surface area contributed by atoms with E-state index >= 15 is 0 Å². The molecule has 0 saturated carbocycles. The molecule has 0 aliphatic heterocycles. The SMILES string of the molecule is CC(=O)N[C@@H](CC(=O)O)c1occc1C. The minimum absolute atomic E-state index is 0.187. The first kappa shape index (κ1) is 11.3. The first-order valence-electron chi connectivity index (χ1n) is 4.53. The molecule has 1 rings (SSSR count). The van der Waals surface area contributed by atoms with E-state index in [-0.39, 0.29) is 12.3 Å². The Bertz CT molecular complexity index is 353. The molecule has 0 aromatic carbocycles. The molecule has 0 spiro atoms. The Balaban J connectivity index is 2.85. The van der Waals surface area contributed by atoms with Gasteiger partial charge in [0.1, 0.15) is 5.76 Å². The normalized spacial score (nSPS) is 12.1. The number of carbonyl (C=O) groups is 2. The van der Waals surface area contributed by atoms with Crippen molar-refractivity contribution in [3.8, 4) is 0 Å². The van der Waals surface area contributed by atoms with Crippen LogP contribution < -0.4 is 5.32 Å². The zero-order chi connectivity index (χ0) is 11.4. The third-order valence-electron chi connectivity index (χ3n) is 1.97. The third-order valence-corrected chi connectivity index (χ3v) is 1.97. The van der Waals surface area contributed by atoms with Gasteiger partial charge in [-0.05, 0) is 18.6 Å². The summed E-state index contributed by atoms with van der Waals surface area (Å²) < 4.78 is 5.15. The number of carboxylic acid groups (broad SMARTS) is 1. The van der Waals surface area contributed by atoms with E-state index in [9.17, 15) is 9.59 Å². The van der Waals surface area contributed by atoms with Crippen molar-refractivity contribution in [1.82, 2.24) is 5.32 Å². The van der Waals surface area contributed by atoms with Crippen LogP contribution in [0, 0.1) is 6.92 Å². The highest BCUT2D eigenvalue weighted by Crippen LogP contribution is 2.21. The van der Waals surface area contributed by atoms with E-state index < -0.39 is 12.0 Å². The second kappa shape index (κ2) is 4.63. The fraction of sp³-hybridized carbons (Fsp3) is 0.400. The van der Waals surface area contributed by atoms with Gasteiger partial charge in [0.15, 0.2) is 0 Å². The number of amides is 1. The Morgan fingerprint density at radius 3 is 2.67 bits per heavy atom. The number of aliphatic carboxylic acids is 1. The molecule has 5 nitrogen and oxygen atoms in total. The van der Waals surface area contributed by atoms with E-state index in [4.69, 9.17) is 9.52 Å². The van der Waals surface area contributed by atoms with Crippen LogP contribution in [0.2, 0.25) is 0 Å². The summed E-state index contributed by atoms with van der Waals surface area (Å²) in [5, 5.41) is 11.2. The van der Waals surface area contributed by atoms with E-state index in [1.165, 1.54) is 13.2 Å². The first-order chi connectivity index (χ1) is 7.00. The van der Waals surface area contributed by atoms with Gasteiger partial charge in [0.2, 0.25) is 5.91 Å². The van der Waals surface area contributed by atoms with Gasteiger partial charge in [-0.2, -0.15) is 0 Å². The molecule has 1 aromatic heterocycles. The maximum atomic E-state index is 10.9. The number of carboxylic acids is 1. The molecular formula is C10H13NO4. The van der Waals surface area contributed by atoms with Gasteiger partial charge in [0.25, 0.3) is 0 Å². The summed E-state index contributed by atoms with van der Waals surface area (Å²) in [6, 6.07) is 1.13. The largest absolute Gasteiger partial charge is 0.481 e. The van der Waals surface area contributed by atoms with Crippen molar-refractivity contribution in [3.63, 3.8) is 0 Å². The summed E-state index contributed by atoms with van der Waals surface area (Å²) in [5.74, 6) is -0.769. The van der Waals surface area contributed by atoms with Gasteiger partial charge in [-0.25, -0.2) is 0 Å². The quantitative estimate of drug-likeness (QED) is 0.785. The summed E-state index contributed by atoms with van der Waals surface area (Å²) in [6.45, 7) is 3.14. The van der Waals surface area contributed by atoms with Crippen LogP contribution in [-0.4, -0.2) is 17.0 Å². The minimum Gasteiger partial charge on any atom is -0.481 e. The molecule has 0 aliphatic rings. The lowest BCUT2D eigenvalue weighted by Gasteiger charge is -2.14. The second-order valence-electron chi connectivity index (χ2n) is 3.32. The Hall–Kier alpha value is -1.78. The topological polar surface area (TPSA) is 79.5 Å². The second-order valence-corrected chi connectivity index (χ2v) is 3.32. The molecule has 0 bridgehead atoms. The lowest BCUT2D eigenvalue weighted by atomic mass is 10.1. The number of hydrogen-bond acceptors (Lipinski definition) is 3. The van der Waals surface area contributed by atoms with Crippen LogP contribution in [0.4, 0.5) is 0 Å². The molecule has 2 N–H and O–H groups in total. The van der Waals surface area contributed by atoms with Gasteiger partial charge in [-0.3, -0.25) is 9.59 Å². The summed E-state index contributed by atoms with van der Waals surface area (Å²) in [7, 11) is 0. The van der Waals surface area contributed by atoms with Crippen LogP contribution in [0.15, 0.2) is 16.7 Å². The van der Waals surface area contributed by atoms with Crippen molar-refractivity contribution >= 4 is 11.9 Å². The lowest BCUT2D eigenvalue weighted by Crippen LogP contribution is -2.28. The van der Waals surface area contributed by atoms with Gasteiger partial charge >= 0.3 is 5.97 Å². The van der Waals surface area contributed by atoms with E-state index in [1.54, 1.807) is 13.0 Å². The Labute approximate surface area is 87.1 Å². The fourth-order valence-corrected chi connectivity index (χ4v) is 1.37. The number of hydrogen-bond donors (Lipinski definition) is 2. The number of carbonyl (C=O) groups excluding carboxylic acids is 1. The van der Waals surface area contributed by atoms with Crippen LogP contribution in [-0.2, 0) is 9.59 Å².